The van der Waals surface area contributed by atoms with Gasteiger partial charge in [0.25, 0.3) is 0 Å². The summed E-state index contributed by atoms with van der Waals surface area (Å²) in [4.78, 5) is 6.39. The minimum absolute atomic E-state index is 0.536. The van der Waals surface area contributed by atoms with E-state index >= 15 is 0 Å². The van der Waals surface area contributed by atoms with Crippen LogP contribution in [0.5, 0.6) is 0 Å². The lowest BCUT2D eigenvalue weighted by Gasteiger charge is -2.18. The van der Waals surface area contributed by atoms with Crippen molar-refractivity contribution in [1.82, 2.24) is 4.98 Å². The quantitative estimate of drug-likeness (QED) is 0.769. The van der Waals surface area contributed by atoms with Gasteiger partial charge in [-0.1, -0.05) is 48.0 Å². The van der Waals surface area contributed by atoms with E-state index in [1.807, 2.05) is 25.2 Å². The van der Waals surface area contributed by atoms with Crippen molar-refractivity contribution in [3.8, 4) is 0 Å². The average molecular weight is 247 g/mol. The minimum atomic E-state index is 0.536. The molecule has 88 valence electrons. The number of hydrogen-bond donors (Lipinski definition) is 0. The topological polar surface area (TPSA) is 16.1 Å². The van der Waals surface area contributed by atoms with Gasteiger partial charge in [0.1, 0.15) is 11.0 Å². The second kappa shape index (κ2) is 5.69. The van der Waals surface area contributed by atoms with Crippen LogP contribution < -0.4 is 4.90 Å². The average Bonchev–Trinajstić information content (AvgIpc) is 2.37. The third kappa shape index (κ3) is 3.46. The molecule has 0 amide bonds. The molecule has 1 heterocycles. The Labute approximate surface area is 107 Å². The highest BCUT2D eigenvalue weighted by molar-refractivity contribution is 6.29. The molecule has 2 aromatic rings. The van der Waals surface area contributed by atoms with Crippen LogP contribution in [-0.4, -0.2) is 18.6 Å². The Morgan fingerprint density at radius 1 is 1.06 bits per heavy atom. The van der Waals surface area contributed by atoms with Crippen molar-refractivity contribution < 1.29 is 0 Å². The Morgan fingerprint density at radius 2 is 1.82 bits per heavy atom. The molecule has 0 saturated carbocycles. The van der Waals surface area contributed by atoms with E-state index in [0.29, 0.717) is 5.15 Å². The Morgan fingerprint density at radius 3 is 2.53 bits per heavy atom. The summed E-state index contributed by atoms with van der Waals surface area (Å²) < 4.78 is 0. The van der Waals surface area contributed by atoms with Gasteiger partial charge in [0.15, 0.2) is 0 Å². The molecular weight excluding hydrogens is 232 g/mol. The molecule has 17 heavy (non-hydrogen) atoms. The van der Waals surface area contributed by atoms with E-state index in [4.69, 9.17) is 11.6 Å². The molecule has 0 fully saturated rings. The van der Waals surface area contributed by atoms with Crippen molar-refractivity contribution in [2.75, 3.05) is 18.5 Å². The van der Waals surface area contributed by atoms with E-state index < -0.39 is 0 Å². The summed E-state index contributed by atoms with van der Waals surface area (Å²) in [5, 5.41) is 0.536. The van der Waals surface area contributed by atoms with Gasteiger partial charge in [-0.05, 0) is 24.1 Å². The molecule has 0 radical (unpaired) electrons. The maximum Gasteiger partial charge on any atom is 0.131 e. The predicted octanol–water partition coefficient (Wildman–Crippen LogP) is 3.41. The predicted molar refractivity (Wildman–Crippen MR) is 72.7 cm³/mol. The Kier molecular flexibility index (Phi) is 3.99. The van der Waals surface area contributed by atoms with Crippen LogP contribution in [0.15, 0.2) is 48.5 Å². The second-order valence-electron chi connectivity index (χ2n) is 3.98. The number of aromatic nitrogens is 1. The van der Waals surface area contributed by atoms with Gasteiger partial charge < -0.3 is 4.90 Å². The van der Waals surface area contributed by atoms with Gasteiger partial charge in [0.05, 0.1) is 0 Å². The SMILES string of the molecule is CN(CCc1ccccc1)c1cccc(Cl)n1. The first-order chi connectivity index (χ1) is 8.25. The molecule has 0 N–H and O–H groups in total. The Hall–Kier alpha value is -1.54. The molecular formula is C14H15ClN2. The number of nitrogens with zero attached hydrogens (tertiary/aromatic N) is 2. The van der Waals surface area contributed by atoms with Crippen molar-refractivity contribution in [2.45, 2.75) is 6.42 Å². The largest absolute Gasteiger partial charge is 0.359 e. The molecule has 0 bridgehead atoms. The van der Waals surface area contributed by atoms with Gasteiger partial charge in [-0.3, -0.25) is 0 Å². The first kappa shape index (κ1) is 11.9. The standard InChI is InChI=1S/C14H15ClN2/c1-17(14-9-5-8-13(15)16-14)11-10-12-6-3-2-4-7-12/h2-9H,10-11H2,1H3. The second-order valence-corrected chi connectivity index (χ2v) is 4.36. The van der Waals surface area contributed by atoms with E-state index in [9.17, 15) is 0 Å². The fraction of sp³-hybridized carbons (Fsp3) is 0.214. The van der Waals surface area contributed by atoms with Gasteiger partial charge in [-0.25, -0.2) is 4.98 Å². The third-order valence-electron chi connectivity index (χ3n) is 2.67. The molecule has 0 aliphatic carbocycles. The molecule has 0 saturated heterocycles. The maximum atomic E-state index is 5.87. The fourth-order valence-electron chi connectivity index (χ4n) is 1.67. The lowest BCUT2D eigenvalue weighted by Crippen LogP contribution is -2.21. The lowest BCUT2D eigenvalue weighted by atomic mass is 10.1. The molecule has 0 aliphatic heterocycles. The van der Waals surface area contributed by atoms with Gasteiger partial charge in [-0.2, -0.15) is 0 Å². The lowest BCUT2D eigenvalue weighted by molar-refractivity contribution is 0.860. The van der Waals surface area contributed by atoms with E-state index in [1.54, 1.807) is 6.07 Å². The Balaban J connectivity index is 1.96. The smallest absolute Gasteiger partial charge is 0.131 e. The summed E-state index contributed by atoms with van der Waals surface area (Å²) in [7, 11) is 2.03. The van der Waals surface area contributed by atoms with Crippen LogP contribution in [0.2, 0.25) is 5.15 Å². The molecule has 0 unspecified atom stereocenters. The fourth-order valence-corrected chi connectivity index (χ4v) is 1.83. The molecule has 3 heteroatoms. The number of pyridine rings is 1. The first-order valence-electron chi connectivity index (χ1n) is 5.63. The molecule has 1 aromatic carbocycles. The third-order valence-corrected chi connectivity index (χ3v) is 2.88. The summed E-state index contributed by atoms with van der Waals surface area (Å²) in [6, 6.07) is 16.1. The summed E-state index contributed by atoms with van der Waals surface area (Å²) in [6.45, 7) is 0.928. The van der Waals surface area contributed by atoms with E-state index in [2.05, 4.69) is 34.1 Å². The zero-order valence-corrected chi connectivity index (χ0v) is 10.6. The van der Waals surface area contributed by atoms with E-state index in [1.165, 1.54) is 5.56 Å². The van der Waals surface area contributed by atoms with Crippen molar-refractivity contribution in [1.29, 1.82) is 0 Å². The minimum Gasteiger partial charge on any atom is -0.359 e. The van der Waals surface area contributed by atoms with Crippen molar-refractivity contribution in [2.24, 2.45) is 0 Å². The number of likely N-dealkylation sites (N-methyl/N-ethyl adjacent to an activating group) is 1. The number of halogens is 1. The molecule has 0 aliphatic rings. The molecule has 0 spiro atoms. The number of anilines is 1. The van der Waals surface area contributed by atoms with Gasteiger partial charge in [0.2, 0.25) is 0 Å². The molecule has 1 aromatic heterocycles. The number of benzene rings is 1. The summed E-state index contributed by atoms with van der Waals surface area (Å²) in [5.41, 5.74) is 1.33. The number of hydrogen-bond acceptors (Lipinski definition) is 2. The summed E-state index contributed by atoms with van der Waals surface area (Å²) in [5.74, 6) is 0.911. The van der Waals surface area contributed by atoms with E-state index in [-0.39, 0.29) is 0 Å². The van der Waals surface area contributed by atoms with Crippen molar-refractivity contribution in [3.63, 3.8) is 0 Å². The summed E-state index contributed by atoms with van der Waals surface area (Å²) >= 11 is 5.87. The first-order valence-corrected chi connectivity index (χ1v) is 6.01. The highest BCUT2D eigenvalue weighted by Crippen LogP contribution is 2.13. The van der Waals surface area contributed by atoms with Crippen LogP contribution in [0, 0.1) is 0 Å². The van der Waals surface area contributed by atoms with Crippen molar-refractivity contribution in [3.05, 3.63) is 59.2 Å². The highest BCUT2D eigenvalue weighted by Gasteiger charge is 2.02. The highest BCUT2D eigenvalue weighted by atomic mass is 35.5. The molecule has 2 nitrogen and oxygen atoms in total. The molecule has 2 rings (SSSR count). The Bertz CT molecular complexity index is 471. The monoisotopic (exact) mass is 246 g/mol. The van der Waals surface area contributed by atoms with Gasteiger partial charge >= 0.3 is 0 Å². The zero-order valence-electron chi connectivity index (χ0n) is 9.81. The van der Waals surface area contributed by atoms with Gasteiger partial charge in [0, 0.05) is 13.6 Å². The van der Waals surface area contributed by atoms with Crippen LogP contribution >= 0.6 is 11.6 Å². The summed E-state index contributed by atoms with van der Waals surface area (Å²) in [6.07, 6.45) is 1.01. The van der Waals surface area contributed by atoms with Crippen LogP contribution in [-0.2, 0) is 6.42 Å². The van der Waals surface area contributed by atoms with E-state index in [0.717, 1.165) is 18.8 Å². The van der Waals surface area contributed by atoms with Crippen LogP contribution in [0.25, 0.3) is 0 Å². The van der Waals surface area contributed by atoms with Gasteiger partial charge in [-0.15, -0.1) is 0 Å². The van der Waals surface area contributed by atoms with Crippen LogP contribution in [0.3, 0.4) is 0 Å². The zero-order chi connectivity index (χ0) is 12.1. The maximum absolute atomic E-state index is 5.87. The molecule has 0 atom stereocenters. The number of rotatable bonds is 4. The normalized spacial score (nSPS) is 10.2. The van der Waals surface area contributed by atoms with Crippen molar-refractivity contribution >= 4 is 17.4 Å². The van der Waals surface area contributed by atoms with Crippen LogP contribution in [0.4, 0.5) is 5.82 Å². The van der Waals surface area contributed by atoms with Crippen LogP contribution in [0.1, 0.15) is 5.56 Å².